The number of para-hydroxylation sites is 1. The number of anilines is 2. The number of nitrogens with one attached hydrogen (secondary N) is 2. The number of H-pyrrole nitrogens is 1. The van der Waals surface area contributed by atoms with E-state index in [0.717, 1.165) is 22.5 Å². The molecule has 178 valence electrons. The molecule has 2 aromatic carbocycles. The summed E-state index contributed by atoms with van der Waals surface area (Å²) in [6.07, 6.45) is 3.25. The van der Waals surface area contributed by atoms with Crippen molar-refractivity contribution in [3.63, 3.8) is 0 Å². The molecule has 2 amide bonds. The molecule has 10 nitrogen and oxygen atoms in total. The number of nitrogens with zero attached hydrogens (tertiary/aromatic N) is 6. The fraction of sp³-hybridized carbons (Fsp3) is 0.154. The van der Waals surface area contributed by atoms with Crippen LogP contribution in [0, 0.1) is 6.92 Å². The Balaban J connectivity index is 1.36. The molecule has 2 N–H and O–H groups in total. The third-order valence-corrected chi connectivity index (χ3v) is 6.51. The van der Waals surface area contributed by atoms with Gasteiger partial charge in [-0.3, -0.25) is 9.59 Å². The molecule has 0 fully saturated rings. The third-order valence-electron chi connectivity index (χ3n) is 6.51. The van der Waals surface area contributed by atoms with Gasteiger partial charge in [0.15, 0.2) is 11.5 Å². The van der Waals surface area contributed by atoms with Gasteiger partial charge < -0.3 is 15.2 Å². The topological polar surface area (TPSA) is 122 Å². The van der Waals surface area contributed by atoms with E-state index in [1.807, 2.05) is 61.5 Å². The molecule has 0 radical (unpaired) electrons. The van der Waals surface area contributed by atoms with Gasteiger partial charge in [-0.1, -0.05) is 30.3 Å². The number of hydrogen-bond donors (Lipinski definition) is 2. The molecule has 1 atom stereocenters. The smallest absolute Gasteiger partial charge is 0.258 e. The summed E-state index contributed by atoms with van der Waals surface area (Å²) < 4.78 is 1.63. The SMILES string of the molecule is Cc1nn(-c2ncnc3nc[nH]c23)c2c1C(c1ccc(C(=O)N(C)c3ccccc3)cc1)CC(=O)N2. The van der Waals surface area contributed by atoms with Gasteiger partial charge in [-0.2, -0.15) is 9.78 Å². The second-order valence-corrected chi connectivity index (χ2v) is 8.68. The fourth-order valence-corrected chi connectivity index (χ4v) is 4.72. The number of carbonyl (C=O) groups excluding carboxylic acids is 2. The van der Waals surface area contributed by atoms with Crippen LogP contribution in [0.1, 0.15) is 39.5 Å². The van der Waals surface area contributed by atoms with E-state index in [2.05, 4.69) is 25.3 Å². The van der Waals surface area contributed by atoms with E-state index >= 15 is 0 Å². The van der Waals surface area contributed by atoms with Crippen LogP contribution in [0.25, 0.3) is 17.0 Å². The number of aromatic amines is 1. The lowest BCUT2D eigenvalue weighted by Crippen LogP contribution is -2.26. The maximum Gasteiger partial charge on any atom is 0.258 e. The Hall–Kier alpha value is -4.86. The number of hydrogen-bond acceptors (Lipinski definition) is 6. The van der Waals surface area contributed by atoms with Gasteiger partial charge in [0.1, 0.15) is 17.7 Å². The number of carbonyl (C=O) groups is 2. The van der Waals surface area contributed by atoms with Crippen LogP contribution in [0.15, 0.2) is 67.3 Å². The molecule has 5 aromatic rings. The molecule has 0 spiro atoms. The Labute approximate surface area is 206 Å². The normalized spacial score (nSPS) is 14.9. The molecule has 1 aliphatic rings. The molecule has 36 heavy (non-hydrogen) atoms. The number of imidazole rings is 1. The van der Waals surface area contributed by atoms with Crippen LogP contribution in [-0.2, 0) is 4.79 Å². The summed E-state index contributed by atoms with van der Waals surface area (Å²) in [4.78, 5) is 43.2. The Bertz CT molecular complexity index is 1600. The van der Waals surface area contributed by atoms with Crippen LogP contribution < -0.4 is 10.2 Å². The van der Waals surface area contributed by atoms with Crippen molar-refractivity contribution in [2.24, 2.45) is 0 Å². The molecular formula is C26H22N8O2. The minimum absolute atomic E-state index is 0.105. The lowest BCUT2D eigenvalue weighted by atomic mass is 9.85. The summed E-state index contributed by atoms with van der Waals surface area (Å²) in [5, 5.41) is 7.68. The van der Waals surface area contributed by atoms with E-state index in [9.17, 15) is 9.59 Å². The zero-order valence-corrected chi connectivity index (χ0v) is 19.6. The number of amides is 2. The van der Waals surface area contributed by atoms with E-state index in [0.29, 0.717) is 28.4 Å². The van der Waals surface area contributed by atoms with Crippen LogP contribution in [0.2, 0.25) is 0 Å². The average Bonchev–Trinajstić information content (AvgIpc) is 3.52. The predicted molar refractivity (Wildman–Crippen MR) is 134 cm³/mol. The zero-order chi connectivity index (χ0) is 24.8. The Kier molecular flexibility index (Phi) is 5.06. The van der Waals surface area contributed by atoms with Crippen molar-refractivity contribution >= 4 is 34.5 Å². The Morgan fingerprint density at radius 3 is 2.61 bits per heavy atom. The van der Waals surface area contributed by atoms with Gasteiger partial charge in [-0.05, 0) is 36.8 Å². The van der Waals surface area contributed by atoms with Gasteiger partial charge in [0.2, 0.25) is 5.91 Å². The Morgan fingerprint density at radius 1 is 1.06 bits per heavy atom. The van der Waals surface area contributed by atoms with Gasteiger partial charge in [0.05, 0.1) is 12.0 Å². The highest BCUT2D eigenvalue weighted by Gasteiger charge is 2.33. The average molecular weight is 479 g/mol. The quantitative estimate of drug-likeness (QED) is 0.407. The minimum atomic E-state index is -0.211. The highest BCUT2D eigenvalue weighted by Crippen LogP contribution is 2.40. The van der Waals surface area contributed by atoms with Gasteiger partial charge in [-0.25, -0.2) is 15.0 Å². The monoisotopic (exact) mass is 478 g/mol. The second kappa shape index (κ2) is 8.42. The van der Waals surface area contributed by atoms with Gasteiger partial charge in [0.25, 0.3) is 5.91 Å². The highest BCUT2D eigenvalue weighted by molar-refractivity contribution is 6.05. The molecule has 3 aromatic heterocycles. The molecule has 1 aliphatic heterocycles. The van der Waals surface area contributed by atoms with Crippen LogP contribution in [-0.4, -0.2) is 48.6 Å². The van der Waals surface area contributed by atoms with Gasteiger partial charge in [-0.15, -0.1) is 0 Å². The van der Waals surface area contributed by atoms with Crippen LogP contribution in [0.3, 0.4) is 0 Å². The number of aryl methyl sites for hydroxylation is 1. The highest BCUT2D eigenvalue weighted by atomic mass is 16.2. The number of fused-ring (bicyclic) bond motifs is 2. The fourth-order valence-electron chi connectivity index (χ4n) is 4.72. The van der Waals surface area contributed by atoms with Crippen molar-refractivity contribution in [3.8, 4) is 5.82 Å². The maximum absolute atomic E-state index is 13.0. The first-order valence-corrected chi connectivity index (χ1v) is 11.5. The third kappa shape index (κ3) is 3.50. The minimum Gasteiger partial charge on any atom is -0.340 e. The van der Waals surface area contributed by atoms with Crippen LogP contribution in [0.5, 0.6) is 0 Å². The molecule has 4 heterocycles. The van der Waals surface area contributed by atoms with Crippen LogP contribution in [0.4, 0.5) is 11.5 Å². The molecule has 0 aliphatic carbocycles. The summed E-state index contributed by atoms with van der Waals surface area (Å²) in [6.45, 7) is 1.91. The summed E-state index contributed by atoms with van der Waals surface area (Å²) in [7, 11) is 1.75. The summed E-state index contributed by atoms with van der Waals surface area (Å²) >= 11 is 0. The standard InChI is InChI=1S/C26H22N8O2/c1-15-21-19(16-8-10-17(11-9-16)26(36)33(2)18-6-4-3-5-7-18)12-20(35)31-24(21)34(32-15)25-22-23(28-13-27-22)29-14-30-25/h3-11,13-14,19H,12H2,1-2H3,(H,31,35)(H,27,28,29,30). The first-order chi connectivity index (χ1) is 17.5. The molecule has 0 saturated heterocycles. The first-order valence-electron chi connectivity index (χ1n) is 11.5. The predicted octanol–water partition coefficient (Wildman–Crippen LogP) is 3.60. The molecule has 0 saturated carbocycles. The molecule has 6 rings (SSSR count). The molecule has 0 bridgehead atoms. The summed E-state index contributed by atoms with van der Waals surface area (Å²) in [5.41, 5.74) is 5.17. The number of rotatable bonds is 4. The molecule has 10 heteroatoms. The van der Waals surface area contributed by atoms with E-state index in [-0.39, 0.29) is 24.2 Å². The number of benzene rings is 2. The largest absolute Gasteiger partial charge is 0.340 e. The summed E-state index contributed by atoms with van der Waals surface area (Å²) in [5.74, 6) is 0.649. The van der Waals surface area contributed by atoms with E-state index in [1.54, 1.807) is 23.0 Å². The van der Waals surface area contributed by atoms with Gasteiger partial charge in [0, 0.05) is 36.2 Å². The Morgan fingerprint density at radius 2 is 1.83 bits per heavy atom. The lowest BCUT2D eigenvalue weighted by molar-refractivity contribution is -0.116. The van der Waals surface area contributed by atoms with Crippen molar-refractivity contribution in [1.29, 1.82) is 0 Å². The van der Waals surface area contributed by atoms with Crippen molar-refractivity contribution in [1.82, 2.24) is 29.7 Å². The lowest BCUT2D eigenvalue weighted by Gasteiger charge is -2.24. The maximum atomic E-state index is 13.0. The van der Waals surface area contributed by atoms with E-state index < -0.39 is 0 Å². The van der Waals surface area contributed by atoms with Crippen molar-refractivity contribution < 1.29 is 9.59 Å². The van der Waals surface area contributed by atoms with Gasteiger partial charge >= 0.3 is 0 Å². The molecule has 1 unspecified atom stereocenters. The van der Waals surface area contributed by atoms with Crippen molar-refractivity contribution in [2.75, 3.05) is 17.3 Å². The van der Waals surface area contributed by atoms with Crippen LogP contribution >= 0.6 is 0 Å². The molecular weight excluding hydrogens is 456 g/mol. The zero-order valence-electron chi connectivity index (χ0n) is 19.6. The van der Waals surface area contributed by atoms with E-state index in [1.165, 1.54) is 6.33 Å². The number of aromatic nitrogens is 6. The van der Waals surface area contributed by atoms with Crippen molar-refractivity contribution in [3.05, 3.63) is 89.6 Å². The van der Waals surface area contributed by atoms with E-state index in [4.69, 9.17) is 5.10 Å². The van der Waals surface area contributed by atoms with Crippen molar-refractivity contribution in [2.45, 2.75) is 19.3 Å². The first kappa shape index (κ1) is 21.7. The summed E-state index contributed by atoms with van der Waals surface area (Å²) in [6, 6.07) is 16.9. The second-order valence-electron chi connectivity index (χ2n) is 8.68.